The van der Waals surface area contributed by atoms with Crippen LogP contribution in [0.1, 0.15) is 10.4 Å². The van der Waals surface area contributed by atoms with Gasteiger partial charge in [0.1, 0.15) is 23.3 Å². The topological polar surface area (TPSA) is 136 Å². The minimum absolute atomic E-state index is 0.305. The Labute approximate surface area is 217 Å². The lowest BCUT2D eigenvalue weighted by Crippen LogP contribution is -2.48. The van der Waals surface area contributed by atoms with Crippen LogP contribution in [0.3, 0.4) is 0 Å². The molecule has 1 aliphatic rings. The summed E-state index contributed by atoms with van der Waals surface area (Å²) in [5.74, 6) is 0.754. The highest BCUT2D eigenvalue weighted by atomic mass is 19.1. The van der Waals surface area contributed by atoms with Crippen LogP contribution in [0.25, 0.3) is 11.3 Å². The third kappa shape index (κ3) is 5.81. The molecule has 0 saturated carbocycles. The molecule has 0 radical (unpaired) electrons. The maximum Gasteiger partial charge on any atom is 0.407 e. The number of nitrogens with one attached hydrogen (secondary N) is 2. The molecule has 1 aromatic carbocycles. The molecule has 4 heterocycles. The Hall–Kier alpha value is -5.13. The maximum atomic E-state index is 13.3. The van der Waals surface area contributed by atoms with E-state index in [1.807, 2.05) is 11.0 Å². The molecule has 3 aromatic heterocycles. The van der Waals surface area contributed by atoms with Crippen molar-refractivity contribution >= 4 is 35.1 Å². The molecule has 3 N–H and O–H groups in total. The Balaban J connectivity index is 1.44. The van der Waals surface area contributed by atoms with Crippen molar-refractivity contribution in [1.82, 2.24) is 24.8 Å². The van der Waals surface area contributed by atoms with Crippen LogP contribution < -0.4 is 15.5 Å². The number of halogens is 1. The molecule has 4 aromatic rings. The van der Waals surface area contributed by atoms with E-state index in [4.69, 9.17) is 4.98 Å². The highest BCUT2D eigenvalue weighted by Crippen LogP contribution is 2.28. The van der Waals surface area contributed by atoms with E-state index in [9.17, 15) is 19.1 Å². The van der Waals surface area contributed by atoms with Crippen LogP contribution in [0, 0.1) is 5.82 Å². The van der Waals surface area contributed by atoms with E-state index in [0.717, 1.165) is 5.56 Å². The number of hydrogen-bond acceptors (Lipinski definition) is 8. The predicted octanol–water partition coefficient (Wildman–Crippen LogP) is 3.87. The number of carbonyl (C=O) groups is 2. The summed E-state index contributed by atoms with van der Waals surface area (Å²) in [6.45, 7) is 1.81. The van der Waals surface area contributed by atoms with Gasteiger partial charge in [-0.05, 0) is 42.5 Å². The molecule has 0 bridgehead atoms. The van der Waals surface area contributed by atoms with Crippen LogP contribution in [0.2, 0.25) is 0 Å². The summed E-state index contributed by atoms with van der Waals surface area (Å²) < 4.78 is 13.3. The van der Waals surface area contributed by atoms with Crippen molar-refractivity contribution in [2.24, 2.45) is 0 Å². The fourth-order valence-corrected chi connectivity index (χ4v) is 3.99. The second-order valence-electron chi connectivity index (χ2n) is 8.46. The van der Waals surface area contributed by atoms with Crippen LogP contribution in [0.4, 0.5) is 32.3 Å². The number of piperazine rings is 1. The van der Waals surface area contributed by atoms with Gasteiger partial charge in [-0.3, -0.25) is 9.78 Å². The van der Waals surface area contributed by atoms with Gasteiger partial charge in [-0.25, -0.2) is 24.1 Å². The van der Waals surface area contributed by atoms with E-state index in [1.165, 1.54) is 29.2 Å². The van der Waals surface area contributed by atoms with Crippen LogP contribution in [-0.4, -0.2) is 68.1 Å². The van der Waals surface area contributed by atoms with E-state index in [2.05, 4.69) is 25.6 Å². The number of carboxylic acid groups (broad SMARTS) is 1. The van der Waals surface area contributed by atoms with E-state index >= 15 is 0 Å². The van der Waals surface area contributed by atoms with Gasteiger partial charge in [0.15, 0.2) is 0 Å². The van der Waals surface area contributed by atoms with E-state index in [0.29, 0.717) is 60.6 Å². The molecular weight excluding hydrogens is 491 g/mol. The average molecular weight is 515 g/mol. The molecule has 12 heteroatoms. The molecule has 1 fully saturated rings. The van der Waals surface area contributed by atoms with Gasteiger partial charge in [0.2, 0.25) is 0 Å². The average Bonchev–Trinajstić information content (AvgIpc) is 2.94. The van der Waals surface area contributed by atoms with Crippen molar-refractivity contribution in [1.29, 1.82) is 0 Å². The van der Waals surface area contributed by atoms with Crippen molar-refractivity contribution in [3.05, 3.63) is 84.7 Å². The van der Waals surface area contributed by atoms with Gasteiger partial charge in [-0.1, -0.05) is 0 Å². The molecule has 1 aliphatic heterocycles. The number of aromatic nitrogens is 4. The Morgan fingerprint density at radius 3 is 2.39 bits per heavy atom. The number of pyridine rings is 2. The molecule has 5 rings (SSSR count). The summed E-state index contributed by atoms with van der Waals surface area (Å²) in [7, 11) is 0. The van der Waals surface area contributed by atoms with Gasteiger partial charge in [0.05, 0.1) is 11.9 Å². The van der Waals surface area contributed by atoms with Crippen molar-refractivity contribution in [3.63, 3.8) is 0 Å². The fourth-order valence-electron chi connectivity index (χ4n) is 3.99. The van der Waals surface area contributed by atoms with E-state index in [-0.39, 0.29) is 0 Å². The molecule has 11 nitrogen and oxygen atoms in total. The molecule has 1 saturated heterocycles. The van der Waals surface area contributed by atoms with Gasteiger partial charge in [0.25, 0.3) is 5.91 Å². The van der Waals surface area contributed by atoms with Crippen LogP contribution in [-0.2, 0) is 0 Å². The van der Waals surface area contributed by atoms with Gasteiger partial charge < -0.3 is 25.5 Å². The Morgan fingerprint density at radius 2 is 1.68 bits per heavy atom. The molecule has 0 aliphatic carbocycles. The SMILES string of the molecule is O=C(Nc1cc(Nc2cnccn2)nc(-c2ccnc(N3CCN(C(=O)O)CC3)c2)c1)c1ccc(F)cc1. The van der Waals surface area contributed by atoms with Gasteiger partial charge in [0, 0.05) is 67.7 Å². The lowest BCUT2D eigenvalue weighted by atomic mass is 10.1. The first kappa shape index (κ1) is 24.6. The highest BCUT2D eigenvalue weighted by molar-refractivity contribution is 6.04. The molecule has 2 amide bonds. The zero-order chi connectivity index (χ0) is 26.5. The van der Waals surface area contributed by atoms with Crippen molar-refractivity contribution in [3.8, 4) is 11.3 Å². The first-order valence-electron chi connectivity index (χ1n) is 11.8. The van der Waals surface area contributed by atoms with Crippen LogP contribution in [0.15, 0.2) is 73.3 Å². The smallest absolute Gasteiger partial charge is 0.407 e. The quantitative estimate of drug-likeness (QED) is 0.350. The van der Waals surface area contributed by atoms with Gasteiger partial charge in [-0.2, -0.15) is 0 Å². The largest absolute Gasteiger partial charge is 0.465 e. The number of amides is 2. The summed E-state index contributed by atoms with van der Waals surface area (Å²) in [5, 5.41) is 15.2. The van der Waals surface area contributed by atoms with Gasteiger partial charge in [-0.15, -0.1) is 0 Å². The van der Waals surface area contributed by atoms with Crippen molar-refractivity contribution < 1.29 is 19.1 Å². The number of benzene rings is 1. The van der Waals surface area contributed by atoms with E-state index < -0.39 is 17.8 Å². The summed E-state index contributed by atoms with van der Waals surface area (Å²) in [6, 6.07) is 12.3. The standard InChI is InChI=1S/C26H23FN8O3/c27-19-3-1-17(2-4-19)25(36)31-20-14-21(32-22(15-20)33-23-16-28-7-8-29-23)18-5-6-30-24(13-18)34-9-11-35(12-10-34)26(37)38/h1-8,13-16H,9-12H2,(H,37,38)(H2,29,31,32,33,36). The second kappa shape index (κ2) is 10.9. The third-order valence-corrected chi connectivity index (χ3v) is 5.92. The molecule has 0 spiro atoms. The number of carbonyl (C=O) groups excluding carboxylic acids is 1. The fraction of sp³-hybridized carbons (Fsp3) is 0.154. The Kier molecular flexibility index (Phi) is 7.02. The summed E-state index contributed by atoms with van der Waals surface area (Å²) in [5.41, 5.74) is 2.07. The van der Waals surface area contributed by atoms with Crippen LogP contribution in [0.5, 0.6) is 0 Å². The molecule has 0 unspecified atom stereocenters. The van der Waals surface area contributed by atoms with Gasteiger partial charge >= 0.3 is 6.09 Å². The zero-order valence-corrected chi connectivity index (χ0v) is 20.1. The Bertz CT molecular complexity index is 1440. The second-order valence-corrected chi connectivity index (χ2v) is 8.46. The predicted molar refractivity (Wildman–Crippen MR) is 139 cm³/mol. The Morgan fingerprint density at radius 1 is 0.895 bits per heavy atom. The summed E-state index contributed by atoms with van der Waals surface area (Å²) >= 11 is 0. The highest BCUT2D eigenvalue weighted by Gasteiger charge is 2.21. The molecule has 192 valence electrons. The van der Waals surface area contributed by atoms with Crippen molar-refractivity contribution in [2.75, 3.05) is 41.7 Å². The number of hydrogen-bond donors (Lipinski definition) is 3. The van der Waals surface area contributed by atoms with Crippen molar-refractivity contribution in [2.45, 2.75) is 0 Å². The number of nitrogens with zero attached hydrogens (tertiary/aromatic N) is 6. The summed E-state index contributed by atoms with van der Waals surface area (Å²) in [6.07, 6.45) is 5.38. The molecule has 0 atom stereocenters. The zero-order valence-electron chi connectivity index (χ0n) is 20.1. The van der Waals surface area contributed by atoms with E-state index in [1.54, 1.807) is 43.0 Å². The minimum atomic E-state index is -0.932. The normalized spacial score (nSPS) is 13.2. The number of rotatable bonds is 6. The molecule has 38 heavy (non-hydrogen) atoms. The third-order valence-electron chi connectivity index (χ3n) is 5.92. The molecular formula is C26H23FN8O3. The first-order chi connectivity index (χ1) is 18.4. The lowest BCUT2D eigenvalue weighted by molar-refractivity contribution is 0.102. The first-order valence-corrected chi connectivity index (χ1v) is 11.8. The van der Waals surface area contributed by atoms with Crippen LogP contribution >= 0.6 is 0 Å². The monoisotopic (exact) mass is 514 g/mol. The lowest BCUT2D eigenvalue weighted by Gasteiger charge is -2.33. The number of anilines is 4. The minimum Gasteiger partial charge on any atom is -0.465 e. The summed E-state index contributed by atoms with van der Waals surface area (Å²) in [4.78, 5) is 44.9. The maximum absolute atomic E-state index is 13.3.